The van der Waals surface area contributed by atoms with E-state index in [0.29, 0.717) is 6.04 Å². The summed E-state index contributed by atoms with van der Waals surface area (Å²) in [5, 5.41) is 6.38. The van der Waals surface area contributed by atoms with Gasteiger partial charge >= 0.3 is 0 Å². The van der Waals surface area contributed by atoms with Gasteiger partial charge in [-0.15, -0.1) is 0 Å². The van der Waals surface area contributed by atoms with E-state index in [9.17, 15) is 0 Å². The summed E-state index contributed by atoms with van der Waals surface area (Å²) in [6.07, 6.45) is 2.57. The molecule has 0 unspecified atom stereocenters. The Balaban J connectivity index is 2.23. The molecule has 2 aromatic rings. The number of nitrogens with one attached hydrogen (secondary N) is 1. The van der Waals surface area contributed by atoms with E-state index in [1.54, 1.807) is 0 Å². The normalized spacial score (nSPS) is 20.4. The molecule has 0 spiro atoms. The van der Waals surface area contributed by atoms with Gasteiger partial charge in [-0.25, -0.2) is 0 Å². The number of hydrogen-bond donors (Lipinski definition) is 1. The summed E-state index contributed by atoms with van der Waals surface area (Å²) in [6, 6.07) is 13.7. The standard InChI is InChI=1S/C15H17N/c1-11-8-9-12-5-2-3-6-13(12)15(11)14-7-4-10-16-14/h2-3,5-6,8-9,14,16H,4,7,10H2,1H3/t14-/m1/s1. The van der Waals surface area contributed by atoms with Crippen LogP contribution in [0.15, 0.2) is 36.4 Å². The smallest absolute Gasteiger partial charge is 0.0329 e. The van der Waals surface area contributed by atoms with E-state index < -0.39 is 0 Å². The highest BCUT2D eigenvalue weighted by Crippen LogP contribution is 2.32. The summed E-state index contributed by atoms with van der Waals surface area (Å²) in [5.41, 5.74) is 2.92. The van der Waals surface area contributed by atoms with E-state index in [0.717, 1.165) is 6.54 Å². The van der Waals surface area contributed by atoms with E-state index in [4.69, 9.17) is 0 Å². The maximum absolute atomic E-state index is 3.61. The Hall–Kier alpha value is -1.34. The fourth-order valence-electron chi connectivity index (χ4n) is 2.80. The van der Waals surface area contributed by atoms with E-state index in [-0.39, 0.29) is 0 Å². The molecule has 16 heavy (non-hydrogen) atoms. The fourth-order valence-corrected chi connectivity index (χ4v) is 2.80. The lowest BCUT2D eigenvalue weighted by atomic mass is 9.93. The molecular weight excluding hydrogens is 194 g/mol. The molecule has 0 bridgehead atoms. The summed E-state index contributed by atoms with van der Waals surface area (Å²) in [4.78, 5) is 0. The van der Waals surface area contributed by atoms with Gasteiger partial charge in [0, 0.05) is 6.04 Å². The second-order valence-corrected chi connectivity index (χ2v) is 4.67. The molecule has 3 rings (SSSR count). The van der Waals surface area contributed by atoms with Crippen LogP contribution < -0.4 is 5.32 Å². The van der Waals surface area contributed by atoms with Gasteiger partial charge in [-0.05, 0) is 48.2 Å². The number of benzene rings is 2. The molecule has 1 heteroatoms. The van der Waals surface area contributed by atoms with Crippen LogP contribution in [0.4, 0.5) is 0 Å². The molecule has 1 aliphatic rings. The molecule has 1 heterocycles. The second-order valence-electron chi connectivity index (χ2n) is 4.67. The van der Waals surface area contributed by atoms with Gasteiger partial charge in [0.1, 0.15) is 0 Å². The van der Waals surface area contributed by atoms with Gasteiger partial charge in [0.25, 0.3) is 0 Å². The maximum Gasteiger partial charge on any atom is 0.0329 e. The second kappa shape index (κ2) is 3.91. The zero-order valence-electron chi connectivity index (χ0n) is 9.66. The quantitative estimate of drug-likeness (QED) is 0.760. The van der Waals surface area contributed by atoms with Crippen LogP contribution >= 0.6 is 0 Å². The lowest BCUT2D eigenvalue weighted by Gasteiger charge is -2.16. The van der Waals surface area contributed by atoms with Crippen molar-refractivity contribution in [2.24, 2.45) is 0 Å². The summed E-state index contributed by atoms with van der Waals surface area (Å²) in [7, 11) is 0. The average Bonchev–Trinajstić information content (AvgIpc) is 2.82. The van der Waals surface area contributed by atoms with Crippen LogP contribution in [0.5, 0.6) is 0 Å². The van der Waals surface area contributed by atoms with Crippen LogP contribution in [-0.4, -0.2) is 6.54 Å². The highest BCUT2D eigenvalue weighted by Gasteiger charge is 2.19. The van der Waals surface area contributed by atoms with E-state index in [2.05, 4.69) is 48.6 Å². The largest absolute Gasteiger partial charge is 0.310 e. The topological polar surface area (TPSA) is 12.0 Å². The minimum atomic E-state index is 0.561. The third-order valence-electron chi connectivity index (χ3n) is 3.60. The first-order chi connectivity index (χ1) is 7.86. The Morgan fingerprint density at radius 3 is 2.81 bits per heavy atom. The molecule has 1 atom stereocenters. The van der Waals surface area contributed by atoms with Gasteiger partial charge in [-0.3, -0.25) is 0 Å². The molecule has 0 saturated carbocycles. The van der Waals surface area contributed by atoms with Crippen molar-refractivity contribution in [1.29, 1.82) is 0 Å². The van der Waals surface area contributed by atoms with Crippen molar-refractivity contribution in [2.45, 2.75) is 25.8 Å². The summed E-state index contributed by atoms with van der Waals surface area (Å²) >= 11 is 0. The van der Waals surface area contributed by atoms with E-state index in [1.807, 2.05) is 0 Å². The number of hydrogen-bond acceptors (Lipinski definition) is 1. The molecule has 1 fully saturated rings. The molecule has 0 radical (unpaired) electrons. The van der Waals surface area contributed by atoms with Crippen LogP contribution in [0.25, 0.3) is 10.8 Å². The van der Waals surface area contributed by atoms with E-state index in [1.165, 1.54) is 34.7 Å². The molecule has 0 aromatic heterocycles. The molecule has 82 valence electrons. The van der Waals surface area contributed by atoms with Crippen molar-refractivity contribution in [2.75, 3.05) is 6.54 Å². The summed E-state index contributed by atoms with van der Waals surface area (Å²) in [5.74, 6) is 0. The minimum absolute atomic E-state index is 0.561. The first-order valence-electron chi connectivity index (χ1n) is 6.08. The van der Waals surface area contributed by atoms with Crippen LogP contribution in [0, 0.1) is 6.92 Å². The van der Waals surface area contributed by atoms with Gasteiger partial charge in [0.05, 0.1) is 0 Å². The molecule has 1 aliphatic heterocycles. The molecular formula is C15H17N. The zero-order valence-corrected chi connectivity index (χ0v) is 9.66. The van der Waals surface area contributed by atoms with Gasteiger partial charge in [0.2, 0.25) is 0 Å². The van der Waals surface area contributed by atoms with Gasteiger partial charge in [-0.2, -0.15) is 0 Å². The van der Waals surface area contributed by atoms with Crippen LogP contribution in [0.2, 0.25) is 0 Å². The Labute approximate surface area is 96.5 Å². The number of fused-ring (bicyclic) bond motifs is 1. The highest BCUT2D eigenvalue weighted by atomic mass is 14.9. The van der Waals surface area contributed by atoms with Crippen LogP contribution in [-0.2, 0) is 0 Å². The van der Waals surface area contributed by atoms with Crippen molar-refractivity contribution >= 4 is 10.8 Å². The predicted molar refractivity (Wildman–Crippen MR) is 68.7 cm³/mol. The minimum Gasteiger partial charge on any atom is -0.310 e. The number of aryl methyl sites for hydroxylation is 1. The summed E-state index contributed by atoms with van der Waals surface area (Å²) < 4.78 is 0. The monoisotopic (exact) mass is 211 g/mol. The first kappa shape index (κ1) is 9.86. The third-order valence-corrected chi connectivity index (χ3v) is 3.60. The Morgan fingerprint density at radius 1 is 1.12 bits per heavy atom. The first-order valence-corrected chi connectivity index (χ1v) is 6.08. The Kier molecular flexibility index (Phi) is 2.41. The molecule has 2 aromatic carbocycles. The number of rotatable bonds is 1. The Bertz CT molecular complexity index is 510. The van der Waals surface area contributed by atoms with Crippen molar-refractivity contribution in [3.63, 3.8) is 0 Å². The molecule has 1 N–H and O–H groups in total. The lowest BCUT2D eigenvalue weighted by Crippen LogP contribution is -2.14. The Morgan fingerprint density at radius 2 is 2.00 bits per heavy atom. The average molecular weight is 211 g/mol. The summed E-state index contributed by atoms with van der Waals surface area (Å²) in [6.45, 7) is 3.38. The SMILES string of the molecule is Cc1ccc2ccccc2c1[C@H]1CCCN1. The molecule has 1 nitrogen and oxygen atoms in total. The lowest BCUT2D eigenvalue weighted by molar-refractivity contribution is 0.649. The van der Waals surface area contributed by atoms with Crippen molar-refractivity contribution in [1.82, 2.24) is 5.32 Å². The predicted octanol–water partition coefficient (Wildman–Crippen LogP) is 3.57. The van der Waals surface area contributed by atoms with Gasteiger partial charge < -0.3 is 5.32 Å². The van der Waals surface area contributed by atoms with Crippen molar-refractivity contribution in [3.8, 4) is 0 Å². The van der Waals surface area contributed by atoms with Crippen LogP contribution in [0.1, 0.15) is 30.0 Å². The highest BCUT2D eigenvalue weighted by molar-refractivity contribution is 5.87. The van der Waals surface area contributed by atoms with E-state index >= 15 is 0 Å². The van der Waals surface area contributed by atoms with Crippen LogP contribution in [0.3, 0.4) is 0 Å². The van der Waals surface area contributed by atoms with Crippen molar-refractivity contribution in [3.05, 3.63) is 47.5 Å². The van der Waals surface area contributed by atoms with Gasteiger partial charge in [0.15, 0.2) is 0 Å². The molecule has 0 aliphatic carbocycles. The van der Waals surface area contributed by atoms with Gasteiger partial charge in [-0.1, -0.05) is 36.4 Å². The maximum atomic E-state index is 3.61. The fraction of sp³-hybridized carbons (Fsp3) is 0.333. The third kappa shape index (κ3) is 1.52. The zero-order chi connectivity index (χ0) is 11.0. The van der Waals surface area contributed by atoms with Crippen molar-refractivity contribution < 1.29 is 0 Å². The molecule has 1 saturated heterocycles. The molecule has 0 amide bonds.